The first-order valence-electron chi connectivity index (χ1n) is 7.82. The molecule has 2 bridgehead atoms. The molecule has 1 aromatic heterocycles. The number of rotatable bonds is 6. The van der Waals surface area contributed by atoms with Gasteiger partial charge in [-0.25, -0.2) is 0 Å². The molecule has 2 saturated carbocycles. The molecule has 2 aliphatic carbocycles. The standard InChI is InChI=1S/C15H25N3O/c1-3-16-10(2)4-7-14-17-15(18-19-14)13-9-11-5-6-12(13)8-11/h10-13,16H,3-9H2,1-2H3. The highest BCUT2D eigenvalue weighted by Gasteiger charge is 2.42. The molecule has 106 valence electrons. The Bertz CT molecular complexity index is 417. The lowest BCUT2D eigenvalue weighted by molar-refractivity contribution is 0.346. The Balaban J connectivity index is 1.55. The zero-order valence-corrected chi connectivity index (χ0v) is 12.1. The fourth-order valence-electron chi connectivity index (χ4n) is 3.87. The molecule has 0 aliphatic heterocycles. The predicted octanol–water partition coefficient (Wildman–Crippen LogP) is 2.90. The van der Waals surface area contributed by atoms with Gasteiger partial charge in [-0.2, -0.15) is 4.98 Å². The molecule has 19 heavy (non-hydrogen) atoms. The van der Waals surface area contributed by atoms with Crippen molar-refractivity contribution in [2.75, 3.05) is 6.54 Å². The first kappa shape index (κ1) is 13.1. The lowest BCUT2D eigenvalue weighted by Crippen LogP contribution is -2.25. The second-order valence-corrected chi connectivity index (χ2v) is 6.33. The van der Waals surface area contributed by atoms with E-state index in [4.69, 9.17) is 4.52 Å². The summed E-state index contributed by atoms with van der Waals surface area (Å²) >= 11 is 0. The molecule has 1 heterocycles. The summed E-state index contributed by atoms with van der Waals surface area (Å²) in [5, 5.41) is 7.64. The number of aryl methyl sites for hydroxylation is 1. The van der Waals surface area contributed by atoms with Gasteiger partial charge in [0.15, 0.2) is 5.82 Å². The van der Waals surface area contributed by atoms with E-state index in [0.29, 0.717) is 12.0 Å². The molecule has 4 atom stereocenters. The van der Waals surface area contributed by atoms with Crippen LogP contribution in [0.5, 0.6) is 0 Å². The summed E-state index contributed by atoms with van der Waals surface area (Å²) in [6, 6.07) is 0.517. The fraction of sp³-hybridized carbons (Fsp3) is 0.867. The van der Waals surface area contributed by atoms with Crippen LogP contribution in [0.25, 0.3) is 0 Å². The van der Waals surface area contributed by atoms with Crippen LogP contribution in [0.4, 0.5) is 0 Å². The topological polar surface area (TPSA) is 51.0 Å². The van der Waals surface area contributed by atoms with Gasteiger partial charge >= 0.3 is 0 Å². The second kappa shape index (κ2) is 5.61. The summed E-state index contributed by atoms with van der Waals surface area (Å²) in [6.45, 7) is 5.36. The monoisotopic (exact) mass is 263 g/mol. The minimum atomic E-state index is 0.517. The van der Waals surface area contributed by atoms with Crippen LogP contribution in [-0.2, 0) is 6.42 Å². The van der Waals surface area contributed by atoms with E-state index in [9.17, 15) is 0 Å². The summed E-state index contributed by atoms with van der Waals surface area (Å²) in [7, 11) is 0. The van der Waals surface area contributed by atoms with Gasteiger partial charge in [0.1, 0.15) is 0 Å². The molecule has 1 aromatic rings. The van der Waals surface area contributed by atoms with E-state index in [0.717, 1.165) is 42.9 Å². The van der Waals surface area contributed by atoms with Crippen molar-refractivity contribution in [2.45, 2.75) is 64.3 Å². The second-order valence-electron chi connectivity index (χ2n) is 6.33. The molecule has 0 aromatic carbocycles. The molecule has 2 aliphatic rings. The van der Waals surface area contributed by atoms with Crippen molar-refractivity contribution in [3.05, 3.63) is 11.7 Å². The highest BCUT2D eigenvalue weighted by Crippen LogP contribution is 2.52. The summed E-state index contributed by atoms with van der Waals surface area (Å²) in [5.74, 6) is 4.16. The summed E-state index contributed by atoms with van der Waals surface area (Å²) < 4.78 is 5.42. The average molecular weight is 263 g/mol. The largest absolute Gasteiger partial charge is 0.339 e. The third-order valence-electron chi connectivity index (χ3n) is 4.90. The van der Waals surface area contributed by atoms with Gasteiger partial charge in [0.05, 0.1) is 0 Å². The highest BCUT2D eigenvalue weighted by molar-refractivity contribution is 5.06. The SMILES string of the molecule is CCNC(C)CCc1nc(C2CC3CCC2C3)no1. The Labute approximate surface area is 115 Å². The number of aromatic nitrogens is 2. The van der Waals surface area contributed by atoms with E-state index in [2.05, 4.69) is 29.3 Å². The fourth-order valence-corrected chi connectivity index (χ4v) is 3.87. The quantitative estimate of drug-likeness (QED) is 0.857. The van der Waals surface area contributed by atoms with Gasteiger partial charge in [0.2, 0.25) is 5.89 Å². The Kier molecular flexibility index (Phi) is 3.87. The number of fused-ring (bicyclic) bond motifs is 2. The van der Waals surface area contributed by atoms with Gasteiger partial charge in [-0.3, -0.25) is 0 Å². The van der Waals surface area contributed by atoms with E-state index in [-0.39, 0.29) is 0 Å². The first-order chi connectivity index (χ1) is 9.26. The van der Waals surface area contributed by atoms with Crippen molar-refractivity contribution in [1.82, 2.24) is 15.5 Å². The normalized spacial score (nSPS) is 30.9. The third kappa shape index (κ3) is 2.83. The lowest BCUT2D eigenvalue weighted by atomic mass is 9.88. The number of nitrogens with zero attached hydrogens (tertiary/aromatic N) is 2. The summed E-state index contributed by atoms with van der Waals surface area (Å²) in [4.78, 5) is 4.64. The number of nitrogens with one attached hydrogen (secondary N) is 1. The number of hydrogen-bond acceptors (Lipinski definition) is 4. The zero-order chi connectivity index (χ0) is 13.2. The molecule has 4 nitrogen and oxygen atoms in total. The minimum Gasteiger partial charge on any atom is -0.339 e. The van der Waals surface area contributed by atoms with Crippen molar-refractivity contribution in [1.29, 1.82) is 0 Å². The minimum absolute atomic E-state index is 0.517. The first-order valence-corrected chi connectivity index (χ1v) is 7.82. The van der Waals surface area contributed by atoms with Gasteiger partial charge in [0.25, 0.3) is 0 Å². The Morgan fingerprint density at radius 2 is 2.26 bits per heavy atom. The molecule has 3 rings (SSSR count). The van der Waals surface area contributed by atoms with Crippen LogP contribution in [0.2, 0.25) is 0 Å². The maximum Gasteiger partial charge on any atom is 0.226 e. The zero-order valence-electron chi connectivity index (χ0n) is 12.1. The molecular formula is C15H25N3O. The predicted molar refractivity (Wildman–Crippen MR) is 73.9 cm³/mol. The van der Waals surface area contributed by atoms with Crippen LogP contribution in [0.3, 0.4) is 0 Å². The van der Waals surface area contributed by atoms with Gasteiger partial charge in [-0.1, -0.05) is 18.5 Å². The van der Waals surface area contributed by atoms with Crippen LogP contribution in [-0.4, -0.2) is 22.7 Å². The molecule has 0 amide bonds. The van der Waals surface area contributed by atoms with Crippen LogP contribution in [0.1, 0.15) is 63.6 Å². The summed E-state index contributed by atoms with van der Waals surface area (Å²) in [5.41, 5.74) is 0. The number of hydrogen-bond donors (Lipinski definition) is 1. The molecule has 1 N–H and O–H groups in total. The molecule has 4 heteroatoms. The van der Waals surface area contributed by atoms with Crippen LogP contribution < -0.4 is 5.32 Å². The van der Waals surface area contributed by atoms with Crippen molar-refractivity contribution in [3.8, 4) is 0 Å². The highest BCUT2D eigenvalue weighted by atomic mass is 16.5. The molecule has 0 spiro atoms. The van der Waals surface area contributed by atoms with Crippen LogP contribution >= 0.6 is 0 Å². The average Bonchev–Trinajstić information content (AvgIpc) is 3.12. The molecular weight excluding hydrogens is 238 g/mol. The van der Waals surface area contributed by atoms with E-state index in [1.807, 2.05) is 0 Å². The third-order valence-corrected chi connectivity index (χ3v) is 4.90. The lowest BCUT2D eigenvalue weighted by Gasteiger charge is -2.17. The van der Waals surface area contributed by atoms with Crippen LogP contribution in [0.15, 0.2) is 4.52 Å². The van der Waals surface area contributed by atoms with Crippen LogP contribution in [0, 0.1) is 11.8 Å². The molecule has 2 fully saturated rings. The maximum atomic E-state index is 5.42. The van der Waals surface area contributed by atoms with Crippen molar-refractivity contribution in [3.63, 3.8) is 0 Å². The van der Waals surface area contributed by atoms with Gasteiger partial charge in [-0.15, -0.1) is 0 Å². The van der Waals surface area contributed by atoms with E-state index in [1.54, 1.807) is 0 Å². The van der Waals surface area contributed by atoms with E-state index in [1.165, 1.54) is 25.7 Å². The molecule has 0 saturated heterocycles. The Morgan fingerprint density at radius 3 is 2.95 bits per heavy atom. The molecule has 0 radical (unpaired) electrons. The smallest absolute Gasteiger partial charge is 0.226 e. The maximum absolute atomic E-state index is 5.42. The van der Waals surface area contributed by atoms with E-state index < -0.39 is 0 Å². The summed E-state index contributed by atoms with van der Waals surface area (Å²) in [6.07, 6.45) is 7.43. The van der Waals surface area contributed by atoms with Crippen molar-refractivity contribution in [2.24, 2.45) is 11.8 Å². The van der Waals surface area contributed by atoms with Gasteiger partial charge in [-0.05, 0) is 51.0 Å². The Morgan fingerprint density at radius 1 is 1.37 bits per heavy atom. The molecule has 4 unspecified atom stereocenters. The van der Waals surface area contributed by atoms with Crippen molar-refractivity contribution >= 4 is 0 Å². The van der Waals surface area contributed by atoms with E-state index >= 15 is 0 Å². The Hall–Kier alpha value is -0.900. The van der Waals surface area contributed by atoms with Gasteiger partial charge in [0, 0.05) is 18.4 Å². The van der Waals surface area contributed by atoms with Gasteiger partial charge < -0.3 is 9.84 Å². The van der Waals surface area contributed by atoms with Crippen molar-refractivity contribution < 1.29 is 4.52 Å².